The van der Waals surface area contributed by atoms with Gasteiger partial charge in [0.1, 0.15) is 5.82 Å². The zero-order valence-corrected chi connectivity index (χ0v) is 11.3. The molecular weight excluding hydrogens is 233 g/mol. The molecule has 0 aromatic heterocycles. The molecule has 1 aromatic carbocycles. The minimum absolute atomic E-state index is 0.0731. The summed E-state index contributed by atoms with van der Waals surface area (Å²) in [5.74, 6) is -1.03. The molecule has 0 aliphatic rings. The molecule has 1 rings (SSSR count). The monoisotopic (exact) mass is 253 g/mol. The Morgan fingerprint density at radius 1 is 1.44 bits per heavy atom. The van der Waals surface area contributed by atoms with Crippen molar-refractivity contribution in [3.05, 3.63) is 35.1 Å². The highest BCUT2D eigenvalue weighted by Crippen LogP contribution is 2.20. The topological polar surface area (TPSA) is 40.5 Å². The van der Waals surface area contributed by atoms with E-state index in [9.17, 15) is 9.18 Å². The first kappa shape index (κ1) is 14.6. The predicted molar refractivity (Wildman–Crippen MR) is 68.9 cm³/mol. The van der Waals surface area contributed by atoms with Gasteiger partial charge in [0, 0.05) is 12.1 Å². The fourth-order valence-corrected chi connectivity index (χ4v) is 1.80. The molecule has 0 spiro atoms. The van der Waals surface area contributed by atoms with Crippen LogP contribution in [-0.4, -0.2) is 28.6 Å². The minimum Gasteiger partial charge on any atom is -0.481 e. The van der Waals surface area contributed by atoms with E-state index in [1.54, 1.807) is 19.1 Å². The van der Waals surface area contributed by atoms with Gasteiger partial charge < -0.3 is 5.11 Å². The number of benzene rings is 1. The van der Waals surface area contributed by atoms with Crippen LogP contribution >= 0.6 is 0 Å². The molecule has 1 N–H and O–H groups in total. The molecule has 18 heavy (non-hydrogen) atoms. The fraction of sp³-hybridized carbons (Fsp3) is 0.500. The normalized spacial score (nSPS) is 11.9. The van der Waals surface area contributed by atoms with Gasteiger partial charge in [0.15, 0.2) is 0 Å². The quantitative estimate of drug-likeness (QED) is 0.877. The number of carboxylic acid groups (broad SMARTS) is 1. The summed E-state index contributed by atoms with van der Waals surface area (Å²) in [6, 6.07) is 4.97. The SMILES string of the molecule is Cc1cc(CN(C)C(C)(C)CC(=O)O)ccc1F. The van der Waals surface area contributed by atoms with Gasteiger partial charge in [0.05, 0.1) is 6.42 Å². The summed E-state index contributed by atoms with van der Waals surface area (Å²) in [4.78, 5) is 12.8. The van der Waals surface area contributed by atoms with Crippen molar-refractivity contribution in [1.82, 2.24) is 4.90 Å². The first-order valence-corrected chi connectivity index (χ1v) is 5.90. The molecule has 0 fully saturated rings. The lowest BCUT2D eigenvalue weighted by Crippen LogP contribution is -2.42. The lowest BCUT2D eigenvalue weighted by atomic mass is 9.98. The van der Waals surface area contributed by atoms with Crippen LogP contribution in [0.1, 0.15) is 31.4 Å². The Morgan fingerprint density at radius 3 is 2.56 bits per heavy atom. The molecule has 0 aliphatic carbocycles. The highest BCUT2D eigenvalue weighted by Gasteiger charge is 2.26. The molecule has 0 unspecified atom stereocenters. The molecule has 1 aromatic rings. The largest absolute Gasteiger partial charge is 0.481 e. The van der Waals surface area contributed by atoms with Crippen LogP contribution in [-0.2, 0) is 11.3 Å². The maximum Gasteiger partial charge on any atom is 0.305 e. The second kappa shape index (κ2) is 5.48. The van der Waals surface area contributed by atoms with E-state index in [1.165, 1.54) is 6.07 Å². The van der Waals surface area contributed by atoms with Crippen LogP contribution in [0.25, 0.3) is 0 Å². The molecule has 0 saturated heterocycles. The van der Waals surface area contributed by atoms with Crippen molar-refractivity contribution in [3.63, 3.8) is 0 Å². The van der Waals surface area contributed by atoms with Crippen LogP contribution < -0.4 is 0 Å². The van der Waals surface area contributed by atoms with E-state index in [0.717, 1.165) is 5.56 Å². The Balaban J connectivity index is 2.77. The lowest BCUT2D eigenvalue weighted by Gasteiger charge is -2.34. The first-order valence-electron chi connectivity index (χ1n) is 5.90. The van der Waals surface area contributed by atoms with Crippen molar-refractivity contribution in [2.24, 2.45) is 0 Å². The summed E-state index contributed by atoms with van der Waals surface area (Å²) >= 11 is 0. The van der Waals surface area contributed by atoms with Crippen LogP contribution in [0.3, 0.4) is 0 Å². The molecular formula is C14H20FNO2. The number of carboxylic acids is 1. The smallest absolute Gasteiger partial charge is 0.305 e. The predicted octanol–water partition coefficient (Wildman–Crippen LogP) is 2.82. The third kappa shape index (κ3) is 3.81. The van der Waals surface area contributed by atoms with Crippen LogP contribution in [0.2, 0.25) is 0 Å². The number of carbonyl (C=O) groups is 1. The maximum absolute atomic E-state index is 13.2. The molecule has 0 heterocycles. The van der Waals surface area contributed by atoms with Crippen LogP contribution in [0.4, 0.5) is 4.39 Å². The highest BCUT2D eigenvalue weighted by molar-refractivity contribution is 5.68. The molecule has 3 nitrogen and oxygen atoms in total. The van der Waals surface area contributed by atoms with E-state index >= 15 is 0 Å². The van der Waals surface area contributed by atoms with Crippen LogP contribution in [0.5, 0.6) is 0 Å². The van der Waals surface area contributed by atoms with Gasteiger partial charge in [0.2, 0.25) is 0 Å². The van der Waals surface area contributed by atoms with Gasteiger partial charge in [-0.1, -0.05) is 12.1 Å². The van der Waals surface area contributed by atoms with E-state index in [0.29, 0.717) is 12.1 Å². The molecule has 0 radical (unpaired) electrons. The summed E-state index contributed by atoms with van der Waals surface area (Å²) in [5.41, 5.74) is 1.15. The average Bonchev–Trinajstić information content (AvgIpc) is 2.21. The minimum atomic E-state index is -0.817. The number of hydrogen-bond acceptors (Lipinski definition) is 2. The Hall–Kier alpha value is -1.42. The van der Waals surface area contributed by atoms with Gasteiger partial charge in [-0.2, -0.15) is 0 Å². The number of rotatable bonds is 5. The van der Waals surface area contributed by atoms with Crippen molar-refractivity contribution in [1.29, 1.82) is 0 Å². The summed E-state index contributed by atoms with van der Waals surface area (Å²) < 4.78 is 13.2. The molecule has 0 atom stereocenters. The average molecular weight is 253 g/mol. The zero-order chi connectivity index (χ0) is 13.9. The van der Waals surface area contributed by atoms with Gasteiger partial charge in [-0.3, -0.25) is 9.69 Å². The number of nitrogens with zero attached hydrogens (tertiary/aromatic N) is 1. The molecule has 0 aliphatic heterocycles. The number of hydrogen-bond donors (Lipinski definition) is 1. The van der Waals surface area contributed by atoms with Crippen molar-refractivity contribution in [2.45, 2.75) is 39.3 Å². The number of halogens is 1. The van der Waals surface area contributed by atoms with Gasteiger partial charge in [-0.05, 0) is 45.0 Å². The van der Waals surface area contributed by atoms with Crippen LogP contribution in [0, 0.1) is 12.7 Å². The fourth-order valence-electron chi connectivity index (χ4n) is 1.80. The maximum atomic E-state index is 13.2. The highest BCUT2D eigenvalue weighted by atomic mass is 19.1. The third-order valence-electron chi connectivity index (χ3n) is 3.26. The van der Waals surface area contributed by atoms with Crippen molar-refractivity contribution in [3.8, 4) is 0 Å². The Kier molecular flexibility index (Phi) is 4.46. The second-order valence-electron chi connectivity index (χ2n) is 5.32. The molecule has 100 valence electrons. The molecule has 4 heteroatoms. The Bertz CT molecular complexity index is 443. The van der Waals surface area contributed by atoms with Crippen molar-refractivity contribution < 1.29 is 14.3 Å². The molecule has 0 saturated carbocycles. The zero-order valence-electron chi connectivity index (χ0n) is 11.3. The van der Waals surface area contributed by atoms with Crippen LogP contribution in [0.15, 0.2) is 18.2 Å². The Labute approximate surface area is 107 Å². The number of aliphatic carboxylic acids is 1. The van der Waals surface area contributed by atoms with E-state index in [4.69, 9.17) is 5.11 Å². The van der Waals surface area contributed by atoms with E-state index in [2.05, 4.69) is 0 Å². The van der Waals surface area contributed by atoms with Gasteiger partial charge >= 0.3 is 5.97 Å². The number of aryl methyl sites for hydroxylation is 1. The standard InChI is InChI=1S/C14H20FNO2/c1-10-7-11(5-6-12(10)15)9-16(4)14(2,3)8-13(17)18/h5-7H,8-9H2,1-4H3,(H,17,18). The van der Waals surface area contributed by atoms with E-state index in [1.807, 2.05) is 25.8 Å². The van der Waals surface area contributed by atoms with E-state index in [-0.39, 0.29) is 12.2 Å². The van der Waals surface area contributed by atoms with Crippen molar-refractivity contribution >= 4 is 5.97 Å². The Morgan fingerprint density at radius 2 is 2.06 bits per heavy atom. The lowest BCUT2D eigenvalue weighted by molar-refractivity contribution is -0.139. The summed E-state index contributed by atoms with van der Waals surface area (Å²) in [5, 5.41) is 8.87. The third-order valence-corrected chi connectivity index (χ3v) is 3.26. The summed E-state index contributed by atoms with van der Waals surface area (Å²) in [7, 11) is 1.88. The van der Waals surface area contributed by atoms with Gasteiger partial charge in [0.25, 0.3) is 0 Å². The molecule has 0 bridgehead atoms. The molecule has 0 amide bonds. The summed E-state index contributed by atoms with van der Waals surface area (Å²) in [6.45, 7) is 6.09. The van der Waals surface area contributed by atoms with Gasteiger partial charge in [-0.15, -0.1) is 0 Å². The van der Waals surface area contributed by atoms with Crippen molar-refractivity contribution in [2.75, 3.05) is 7.05 Å². The first-order chi connectivity index (χ1) is 8.22. The van der Waals surface area contributed by atoms with Gasteiger partial charge in [-0.25, -0.2) is 4.39 Å². The second-order valence-corrected chi connectivity index (χ2v) is 5.32. The summed E-state index contributed by atoms with van der Waals surface area (Å²) in [6.07, 6.45) is 0.0731. The van der Waals surface area contributed by atoms with E-state index < -0.39 is 11.5 Å².